The van der Waals surface area contributed by atoms with Crippen molar-refractivity contribution in [2.75, 3.05) is 39.4 Å². The summed E-state index contributed by atoms with van der Waals surface area (Å²) in [6, 6.07) is 12.0. The third-order valence-corrected chi connectivity index (χ3v) is 7.44. The van der Waals surface area contributed by atoms with Gasteiger partial charge in [0, 0.05) is 38.3 Å². The van der Waals surface area contributed by atoms with Crippen LogP contribution in [-0.4, -0.2) is 68.1 Å². The van der Waals surface area contributed by atoms with E-state index in [0.717, 1.165) is 0 Å². The highest BCUT2D eigenvalue weighted by Gasteiger charge is 2.32. The Hall–Kier alpha value is -3.44. The van der Waals surface area contributed by atoms with Crippen molar-refractivity contribution >= 4 is 15.9 Å². The van der Waals surface area contributed by atoms with Gasteiger partial charge in [-0.2, -0.15) is 4.31 Å². The molecule has 0 spiro atoms. The molecule has 3 aromatic rings. The van der Waals surface area contributed by atoms with E-state index in [4.69, 9.17) is 14.0 Å². The summed E-state index contributed by atoms with van der Waals surface area (Å²) in [5, 5.41) is 3.77. The second kappa shape index (κ2) is 8.49. The first-order valence-corrected chi connectivity index (χ1v) is 11.8. The first kappa shape index (κ1) is 21.4. The molecule has 5 rings (SSSR count). The molecule has 0 unspecified atom stereocenters. The maximum Gasteiger partial charge on any atom is 0.276 e. The van der Waals surface area contributed by atoms with Crippen LogP contribution in [0.3, 0.4) is 0 Å². The normalized spacial score (nSPS) is 16.6. The van der Waals surface area contributed by atoms with Gasteiger partial charge >= 0.3 is 0 Å². The molecule has 1 aromatic heterocycles. The zero-order valence-electron chi connectivity index (χ0n) is 17.4. The minimum atomic E-state index is -3.76. The molecule has 2 aromatic carbocycles. The van der Waals surface area contributed by atoms with E-state index in [1.165, 1.54) is 39.5 Å². The molecule has 1 amide bonds. The second-order valence-electron chi connectivity index (χ2n) is 7.56. The summed E-state index contributed by atoms with van der Waals surface area (Å²) in [4.78, 5) is 14.4. The lowest BCUT2D eigenvalue weighted by Gasteiger charge is -2.33. The molecule has 0 N–H and O–H groups in total. The molecular formula is C22H20FN3O6S. The Kier molecular flexibility index (Phi) is 5.51. The summed E-state index contributed by atoms with van der Waals surface area (Å²) >= 11 is 0. The lowest BCUT2D eigenvalue weighted by molar-refractivity contribution is 0.0687. The van der Waals surface area contributed by atoms with E-state index in [-0.39, 0.29) is 48.1 Å². The van der Waals surface area contributed by atoms with Gasteiger partial charge in [0.2, 0.25) is 10.0 Å². The van der Waals surface area contributed by atoms with Crippen LogP contribution in [0.15, 0.2) is 57.9 Å². The molecule has 0 atom stereocenters. The van der Waals surface area contributed by atoms with Crippen LogP contribution < -0.4 is 9.47 Å². The van der Waals surface area contributed by atoms with Gasteiger partial charge in [-0.25, -0.2) is 12.8 Å². The number of hydrogen-bond donors (Lipinski definition) is 0. The number of amides is 1. The van der Waals surface area contributed by atoms with Crippen molar-refractivity contribution in [3.8, 4) is 22.8 Å². The lowest BCUT2D eigenvalue weighted by atomic mass is 10.1. The van der Waals surface area contributed by atoms with Gasteiger partial charge in [-0.1, -0.05) is 17.3 Å². The van der Waals surface area contributed by atoms with Gasteiger partial charge in [0.15, 0.2) is 23.0 Å². The molecule has 1 saturated heterocycles. The number of carbonyl (C=O) groups excluding carboxylic acids is 1. The molecule has 1 fully saturated rings. The fourth-order valence-electron chi connectivity index (χ4n) is 3.79. The van der Waals surface area contributed by atoms with Crippen LogP contribution in [0.4, 0.5) is 4.39 Å². The number of piperazine rings is 1. The topological polar surface area (TPSA) is 102 Å². The van der Waals surface area contributed by atoms with Gasteiger partial charge in [-0.3, -0.25) is 4.79 Å². The van der Waals surface area contributed by atoms with Crippen molar-refractivity contribution in [3.05, 3.63) is 60.0 Å². The molecule has 0 saturated carbocycles. The number of hydrogen-bond acceptors (Lipinski definition) is 7. The van der Waals surface area contributed by atoms with Gasteiger partial charge in [0.05, 0.1) is 10.5 Å². The van der Waals surface area contributed by atoms with Crippen LogP contribution in [-0.2, 0) is 10.0 Å². The van der Waals surface area contributed by atoms with Crippen molar-refractivity contribution in [3.63, 3.8) is 0 Å². The van der Waals surface area contributed by atoms with Crippen LogP contribution in [0.25, 0.3) is 11.3 Å². The summed E-state index contributed by atoms with van der Waals surface area (Å²) < 4.78 is 57.5. The molecule has 2 aliphatic rings. The Balaban J connectivity index is 1.26. The Labute approximate surface area is 189 Å². The Morgan fingerprint density at radius 2 is 1.67 bits per heavy atom. The zero-order valence-corrected chi connectivity index (χ0v) is 18.3. The molecule has 172 valence electrons. The van der Waals surface area contributed by atoms with Crippen LogP contribution >= 0.6 is 0 Å². The molecule has 3 heterocycles. The van der Waals surface area contributed by atoms with Crippen LogP contribution in [0.2, 0.25) is 0 Å². The predicted octanol–water partition coefficient (Wildman–Crippen LogP) is 2.40. The Bertz CT molecular complexity index is 1300. The third-order valence-electron chi connectivity index (χ3n) is 5.55. The minimum absolute atomic E-state index is 0.0383. The Morgan fingerprint density at radius 3 is 2.42 bits per heavy atom. The molecule has 33 heavy (non-hydrogen) atoms. The van der Waals surface area contributed by atoms with E-state index in [0.29, 0.717) is 24.7 Å². The van der Waals surface area contributed by atoms with E-state index in [2.05, 4.69) is 5.16 Å². The van der Waals surface area contributed by atoms with Crippen LogP contribution in [0.5, 0.6) is 11.5 Å². The van der Waals surface area contributed by atoms with E-state index in [1.54, 1.807) is 18.2 Å². The van der Waals surface area contributed by atoms with Crippen molar-refractivity contribution in [1.82, 2.24) is 14.4 Å². The maximum absolute atomic E-state index is 14.0. The van der Waals surface area contributed by atoms with Crippen molar-refractivity contribution in [2.24, 2.45) is 0 Å². The highest BCUT2D eigenvalue weighted by molar-refractivity contribution is 7.89. The number of aromatic nitrogens is 1. The minimum Gasteiger partial charge on any atom is -0.486 e. The summed E-state index contributed by atoms with van der Waals surface area (Å²) in [5.41, 5.74) is 0.246. The van der Waals surface area contributed by atoms with Gasteiger partial charge in [-0.05, 0) is 24.3 Å². The Morgan fingerprint density at radius 1 is 0.939 bits per heavy atom. The van der Waals surface area contributed by atoms with Gasteiger partial charge < -0.3 is 18.9 Å². The number of ether oxygens (including phenoxy) is 2. The molecule has 0 radical (unpaired) electrons. The fourth-order valence-corrected chi connectivity index (χ4v) is 5.23. The summed E-state index contributed by atoms with van der Waals surface area (Å²) in [7, 11) is -3.76. The molecule has 11 heteroatoms. The van der Waals surface area contributed by atoms with Crippen molar-refractivity contribution in [2.45, 2.75) is 4.90 Å². The number of benzene rings is 2. The SMILES string of the molecule is O=C(c1cc(-c2ccccc2F)on1)N1CCN(S(=O)(=O)c2ccc3c(c2)OCCO3)CC1. The van der Waals surface area contributed by atoms with Gasteiger partial charge in [0.25, 0.3) is 5.91 Å². The molecule has 9 nitrogen and oxygen atoms in total. The van der Waals surface area contributed by atoms with Crippen LogP contribution in [0.1, 0.15) is 10.5 Å². The highest BCUT2D eigenvalue weighted by Crippen LogP contribution is 2.33. The molecule has 0 bridgehead atoms. The first-order chi connectivity index (χ1) is 15.9. The van der Waals surface area contributed by atoms with E-state index in [9.17, 15) is 17.6 Å². The zero-order chi connectivity index (χ0) is 23.0. The maximum atomic E-state index is 14.0. The summed E-state index contributed by atoms with van der Waals surface area (Å²) in [6.07, 6.45) is 0. The molecular weight excluding hydrogens is 453 g/mol. The number of rotatable bonds is 4. The van der Waals surface area contributed by atoms with E-state index >= 15 is 0 Å². The largest absolute Gasteiger partial charge is 0.486 e. The first-order valence-electron chi connectivity index (χ1n) is 10.3. The second-order valence-corrected chi connectivity index (χ2v) is 9.50. The number of halogens is 1. The predicted molar refractivity (Wildman–Crippen MR) is 114 cm³/mol. The van der Waals surface area contributed by atoms with Gasteiger partial charge in [0.1, 0.15) is 19.0 Å². The standard InChI is InChI=1S/C22H20FN3O6S/c23-17-4-2-1-3-16(17)20-14-18(24-32-20)22(27)25-7-9-26(10-8-25)33(28,29)15-5-6-19-21(13-15)31-12-11-30-19/h1-6,13-14H,7-12H2. The van der Waals surface area contributed by atoms with Gasteiger partial charge in [-0.15, -0.1) is 0 Å². The highest BCUT2D eigenvalue weighted by atomic mass is 32.2. The fraction of sp³-hybridized carbons (Fsp3) is 0.273. The number of carbonyl (C=O) groups is 1. The summed E-state index contributed by atoms with van der Waals surface area (Å²) in [6.45, 7) is 1.40. The molecule has 0 aliphatic carbocycles. The quantitative estimate of drug-likeness (QED) is 0.573. The van der Waals surface area contributed by atoms with Crippen molar-refractivity contribution in [1.29, 1.82) is 0 Å². The van der Waals surface area contributed by atoms with E-state index < -0.39 is 21.7 Å². The monoisotopic (exact) mass is 473 g/mol. The number of fused-ring (bicyclic) bond motifs is 1. The number of sulfonamides is 1. The third kappa shape index (κ3) is 4.05. The lowest BCUT2D eigenvalue weighted by Crippen LogP contribution is -2.50. The van der Waals surface area contributed by atoms with Crippen molar-refractivity contribution < 1.29 is 31.6 Å². The van der Waals surface area contributed by atoms with Crippen LogP contribution in [0, 0.1) is 5.82 Å². The number of nitrogens with zero attached hydrogens (tertiary/aromatic N) is 3. The summed E-state index contributed by atoms with van der Waals surface area (Å²) in [5.74, 6) is 0.172. The average molecular weight is 473 g/mol. The average Bonchev–Trinajstić information content (AvgIpc) is 3.33. The molecule has 2 aliphatic heterocycles. The smallest absolute Gasteiger partial charge is 0.276 e. The van der Waals surface area contributed by atoms with E-state index in [1.807, 2.05) is 0 Å².